The molecule has 0 spiro atoms. The summed E-state index contributed by atoms with van der Waals surface area (Å²) in [4.78, 5) is 25.3. The molecule has 4 atom stereocenters. The van der Waals surface area contributed by atoms with Gasteiger partial charge in [0.05, 0.1) is 49.0 Å². The van der Waals surface area contributed by atoms with Crippen molar-refractivity contribution in [1.29, 1.82) is 0 Å². The van der Waals surface area contributed by atoms with Crippen molar-refractivity contribution in [3.63, 3.8) is 0 Å². The van der Waals surface area contributed by atoms with Gasteiger partial charge in [0.1, 0.15) is 46.0 Å². The molecule has 8 aromatic rings. The number of methoxy groups -OCH3 is 4. The largest absolute Gasteiger partial charge is 0.494 e. The van der Waals surface area contributed by atoms with E-state index in [1.165, 1.54) is 65.6 Å². The van der Waals surface area contributed by atoms with Gasteiger partial charge < -0.3 is 18.9 Å². The van der Waals surface area contributed by atoms with Gasteiger partial charge >= 0.3 is 0 Å². The molecular weight excluding hydrogens is 1020 g/mol. The van der Waals surface area contributed by atoms with E-state index in [1.54, 1.807) is 96.9 Å². The van der Waals surface area contributed by atoms with Crippen molar-refractivity contribution in [2.24, 2.45) is 14.1 Å². The standard InChI is InChI=1S/2C22H25ClN8O4S/c2*1-13(20-25-10-15(23)11-26-20)14(2)36(32,33)12-18-27-28-21(16-7-9-30(3)29-16)31(18)19-17(34-4)6-8-24-22(19)35-5/h2*6-11,13-14H,12H2,1-5H3/t2*13-,14-/m00/s1. The van der Waals surface area contributed by atoms with Gasteiger partial charge in [-0.1, -0.05) is 37.0 Å². The molecule has 0 aliphatic carbocycles. The molecular formula is C44H50Cl2N16O8S2. The number of aryl methyl sites for hydroxylation is 2. The summed E-state index contributed by atoms with van der Waals surface area (Å²) in [5, 5.41) is 24.9. The Balaban J connectivity index is 0.000000211. The van der Waals surface area contributed by atoms with Crippen LogP contribution in [-0.4, -0.2) is 135 Å². The van der Waals surface area contributed by atoms with Crippen LogP contribution < -0.4 is 18.9 Å². The van der Waals surface area contributed by atoms with Crippen LogP contribution in [0.5, 0.6) is 23.3 Å². The Morgan fingerprint density at radius 2 is 0.889 bits per heavy atom. The van der Waals surface area contributed by atoms with Crippen LogP contribution in [0.3, 0.4) is 0 Å². The molecule has 0 saturated heterocycles. The van der Waals surface area contributed by atoms with Crippen molar-refractivity contribution in [3.8, 4) is 57.7 Å². The third-order valence-electron chi connectivity index (χ3n) is 11.6. The average Bonchev–Trinajstić information content (AvgIpc) is 4.20. The number of rotatable bonds is 18. The lowest BCUT2D eigenvalue weighted by Gasteiger charge is -2.20. The second-order valence-corrected chi connectivity index (χ2v) is 21.8. The molecule has 8 aromatic heterocycles. The van der Waals surface area contributed by atoms with Crippen LogP contribution in [0.25, 0.3) is 34.4 Å². The van der Waals surface area contributed by atoms with E-state index in [9.17, 15) is 16.8 Å². The first-order chi connectivity index (χ1) is 34.3. The summed E-state index contributed by atoms with van der Waals surface area (Å²) in [6.07, 6.45) is 12.3. The highest BCUT2D eigenvalue weighted by atomic mass is 35.5. The fraction of sp³-hybridized carbons (Fsp3) is 0.364. The van der Waals surface area contributed by atoms with Crippen LogP contribution in [0.1, 0.15) is 62.8 Å². The van der Waals surface area contributed by atoms with Gasteiger partial charge in [0.15, 0.2) is 54.3 Å². The molecule has 0 saturated carbocycles. The average molecular weight is 1070 g/mol. The number of nitrogens with zero attached hydrogens (tertiary/aromatic N) is 16. The zero-order chi connectivity index (χ0) is 52.1. The number of aromatic nitrogens is 16. The second kappa shape index (κ2) is 22.1. The summed E-state index contributed by atoms with van der Waals surface area (Å²) in [5.41, 5.74) is 1.69. The van der Waals surface area contributed by atoms with Gasteiger partial charge in [-0.25, -0.2) is 46.7 Å². The van der Waals surface area contributed by atoms with Crippen molar-refractivity contribution in [3.05, 3.63) is 107 Å². The minimum absolute atomic E-state index is 0.149. The lowest BCUT2D eigenvalue weighted by Crippen LogP contribution is -2.27. The zero-order valence-corrected chi connectivity index (χ0v) is 43.8. The van der Waals surface area contributed by atoms with E-state index in [1.807, 2.05) is 0 Å². The molecule has 0 bridgehead atoms. The minimum atomic E-state index is -3.77. The Hall–Kier alpha value is -7.16. The highest BCUT2D eigenvalue weighted by Gasteiger charge is 2.35. The van der Waals surface area contributed by atoms with E-state index in [4.69, 9.17) is 42.1 Å². The van der Waals surface area contributed by atoms with Crippen molar-refractivity contribution < 1.29 is 35.8 Å². The van der Waals surface area contributed by atoms with E-state index in [-0.39, 0.29) is 23.4 Å². The van der Waals surface area contributed by atoms with Crippen LogP contribution in [0, 0.1) is 0 Å². The van der Waals surface area contributed by atoms with Gasteiger partial charge in [0.25, 0.3) is 0 Å². The maximum atomic E-state index is 13.6. The summed E-state index contributed by atoms with van der Waals surface area (Å²) < 4.78 is 82.6. The predicted octanol–water partition coefficient (Wildman–Crippen LogP) is 5.26. The summed E-state index contributed by atoms with van der Waals surface area (Å²) in [7, 11) is 1.91. The Morgan fingerprint density at radius 3 is 1.19 bits per heavy atom. The van der Waals surface area contributed by atoms with Crippen LogP contribution in [-0.2, 0) is 45.3 Å². The predicted molar refractivity (Wildman–Crippen MR) is 264 cm³/mol. The zero-order valence-electron chi connectivity index (χ0n) is 40.6. The number of halogens is 2. The third kappa shape index (κ3) is 11.1. The Labute approximate surface area is 424 Å². The maximum absolute atomic E-state index is 13.6. The first kappa shape index (κ1) is 52.7. The normalized spacial score (nSPS) is 13.4. The van der Waals surface area contributed by atoms with Gasteiger partial charge in [-0.15, -0.1) is 20.4 Å². The summed E-state index contributed by atoms with van der Waals surface area (Å²) in [6.45, 7) is 6.73. The number of hydrogen-bond donors (Lipinski definition) is 0. The topological polar surface area (TPSA) is 280 Å². The van der Waals surface area contributed by atoms with Crippen molar-refractivity contribution >= 4 is 42.9 Å². The summed E-state index contributed by atoms with van der Waals surface area (Å²) >= 11 is 11.8. The minimum Gasteiger partial charge on any atom is -0.494 e. The van der Waals surface area contributed by atoms with Crippen LogP contribution in [0.2, 0.25) is 10.0 Å². The van der Waals surface area contributed by atoms with Gasteiger partial charge in [0, 0.05) is 87.6 Å². The molecule has 8 heterocycles. The Bertz CT molecular complexity index is 3120. The molecule has 0 radical (unpaired) electrons. The summed E-state index contributed by atoms with van der Waals surface area (Å²) in [6, 6.07) is 6.77. The van der Waals surface area contributed by atoms with Crippen LogP contribution in [0.4, 0.5) is 0 Å². The quantitative estimate of drug-likeness (QED) is 0.106. The SMILES string of the molecule is COc1ccnc(OC)c1-n1c(CS(=O)(=O)[C@@H](C)[C@H](C)c2ncc(Cl)cn2)nnc1-c1ccn(C)n1.COc1ccnc(OC)c1-n1c(CS(=O)(=O)[C@@H](C)[C@H](C)c2ncc(Cl)cn2)nnc1-c1ccn(C)n1. The molecule has 0 amide bonds. The first-order valence-corrected chi connectivity index (χ1v) is 25.9. The lowest BCUT2D eigenvalue weighted by atomic mass is 10.1. The van der Waals surface area contributed by atoms with E-state index in [0.29, 0.717) is 67.6 Å². The molecule has 72 heavy (non-hydrogen) atoms. The number of sulfone groups is 2. The highest BCUT2D eigenvalue weighted by molar-refractivity contribution is 7.91. The smallest absolute Gasteiger partial charge is 0.242 e. The Kier molecular flexibility index (Phi) is 16.2. The van der Waals surface area contributed by atoms with Crippen molar-refractivity contribution in [2.45, 2.75) is 61.5 Å². The second-order valence-electron chi connectivity index (χ2n) is 16.2. The van der Waals surface area contributed by atoms with Crippen LogP contribution in [0.15, 0.2) is 73.8 Å². The Morgan fingerprint density at radius 1 is 0.528 bits per heavy atom. The molecule has 0 fully saturated rings. The molecule has 0 aliphatic heterocycles. The number of ether oxygens (including phenoxy) is 4. The van der Waals surface area contributed by atoms with E-state index >= 15 is 0 Å². The fourth-order valence-corrected chi connectivity index (χ4v) is 10.6. The molecule has 0 unspecified atom stereocenters. The third-order valence-corrected chi connectivity index (χ3v) is 16.4. The van der Waals surface area contributed by atoms with Crippen LogP contribution >= 0.6 is 23.2 Å². The lowest BCUT2D eigenvalue weighted by molar-refractivity contribution is 0.378. The molecule has 380 valence electrons. The van der Waals surface area contributed by atoms with Gasteiger partial charge in [0.2, 0.25) is 11.8 Å². The maximum Gasteiger partial charge on any atom is 0.242 e. The molecule has 0 aliphatic rings. The molecule has 28 heteroatoms. The molecule has 24 nitrogen and oxygen atoms in total. The fourth-order valence-electron chi connectivity index (χ4n) is 7.35. The van der Waals surface area contributed by atoms with E-state index in [2.05, 4.69) is 60.5 Å². The van der Waals surface area contributed by atoms with Gasteiger partial charge in [-0.05, 0) is 26.0 Å². The monoisotopic (exact) mass is 1060 g/mol. The van der Waals surface area contributed by atoms with E-state index in [0.717, 1.165) is 0 Å². The molecule has 0 N–H and O–H groups in total. The van der Waals surface area contributed by atoms with Gasteiger partial charge in [-0.3, -0.25) is 18.5 Å². The molecule has 0 aromatic carbocycles. The van der Waals surface area contributed by atoms with Gasteiger partial charge in [-0.2, -0.15) is 10.2 Å². The summed E-state index contributed by atoms with van der Waals surface area (Å²) in [5.74, 6) is 1.04. The van der Waals surface area contributed by atoms with Crippen molar-refractivity contribution in [2.75, 3.05) is 28.4 Å². The highest BCUT2D eigenvalue weighted by Crippen LogP contribution is 2.37. The number of hydrogen-bond acceptors (Lipinski definition) is 20. The van der Waals surface area contributed by atoms with E-state index < -0.39 is 53.5 Å². The number of pyridine rings is 2. The first-order valence-electron chi connectivity index (χ1n) is 21.7. The molecule has 8 rings (SSSR count). The van der Waals surface area contributed by atoms with Crippen molar-refractivity contribution in [1.82, 2.24) is 79.0 Å².